The summed E-state index contributed by atoms with van der Waals surface area (Å²) in [6.07, 6.45) is 1.78. The maximum Gasteiger partial charge on any atom is 0.226 e. The monoisotopic (exact) mass is 339 g/mol. The number of rotatable bonds is 5. The largest absolute Gasteiger partial charge is 0.365 e. The Morgan fingerprint density at radius 2 is 1.88 bits per heavy atom. The second-order valence-electron chi connectivity index (χ2n) is 7.17. The number of benzene rings is 1. The van der Waals surface area contributed by atoms with Crippen molar-refractivity contribution in [1.82, 2.24) is 19.7 Å². The summed E-state index contributed by atoms with van der Waals surface area (Å²) in [4.78, 5) is 9.20. The molecule has 3 aromatic rings. The highest BCUT2D eigenvalue weighted by Crippen LogP contribution is 2.24. The van der Waals surface area contributed by atoms with Crippen LogP contribution in [0.5, 0.6) is 0 Å². The number of aryl methyl sites for hydroxylation is 1. The molecule has 3 rings (SSSR count). The Morgan fingerprint density at radius 1 is 1.16 bits per heavy atom. The van der Waals surface area contributed by atoms with E-state index in [1.807, 2.05) is 37.4 Å². The SMILES string of the molecule is Cn1ncc2c(NC(C)(C)C)nc(NC[C@@H](N)c3ccccc3)nc21. The number of nitrogens with zero attached hydrogens (tertiary/aromatic N) is 4. The molecule has 0 amide bonds. The van der Waals surface area contributed by atoms with E-state index in [1.165, 1.54) is 0 Å². The minimum absolute atomic E-state index is 0.116. The fourth-order valence-corrected chi connectivity index (χ4v) is 2.57. The van der Waals surface area contributed by atoms with Crippen LogP contribution in [0.25, 0.3) is 11.0 Å². The van der Waals surface area contributed by atoms with Gasteiger partial charge in [0.25, 0.3) is 0 Å². The van der Waals surface area contributed by atoms with Crippen LogP contribution >= 0.6 is 0 Å². The fourth-order valence-electron chi connectivity index (χ4n) is 2.57. The number of hydrogen-bond acceptors (Lipinski definition) is 6. The third-order valence-electron chi connectivity index (χ3n) is 3.79. The second kappa shape index (κ2) is 6.68. The molecule has 25 heavy (non-hydrogen) atoms. The van der Waals surface area contributed by atoms with Crippen molar-refractivity contribution in [2.24, 2.45) is 12.8 Å². The van der Waals surface area contributed by atoms with Crippen LogP contribution in [-0.4, -0.2) is 31.8 Å². The topological polar surface area (TPSA) is 93.7 Å². The standard InChI is InChI=1S/C18H25N7/c1-18(2,3)24-15-13-10-21-25(4)16(13)23-17(22-15)20-11-14(19)12-8-6-5-7-9-12/h5-10,14H,11,19H2,1-4H3,(H2,20,22,23,24)/t14-/m1/s1. The number of nitrogens with one attached hydrogen (secondary N) is 2. The van der Waals surface area contributed by atoms with E-state index >= 15 is 0 Å². The Hall–Kier alpha value is -2.67. The molecule has 0 saturated carbocycles. The Bertz CT molecular complexity index is 849. The number of nitrogens with two attached hydrogens (primary N) is 1. The van der Waals surface area contributed by atoms with Crippen LogP contribution in [0.15, 0.2) is 36.5 Å². The summed E-state index contributed by atoms with van der Waals surface area (Å²) >= 11 is 0. The number of fused-ring (bicyclic) bond motifs is 1. The van der Waals surface area contributed by atoms with Crippen molar-refractivity contribution in [3.8, 4) is 0 Å². The van der Waals surface area contributed by atoms with Crippen LogP contribution in [0, 0.1) is 0 Å². The molecule has 132 valence electrons. The fraction of sp³-hybridized carbons (Fsp3) is 0.389. The zero-order chi connectivity index (χ0) is 18.0. The summed E-state index contributed by atoms with van der Waals surface area (Å²) < 4.78 is 1.74. The van der Waals surface area contributed by atoms with Crippen LogP contribution < -0.4 is 16.4 Å². The van der Waals surface area contributed by atoms with Gasteiger partial charge in [0.15, 0.2) is 5.65 Å². The average Bonchev–Trinajstić information content (AvgIpc) is 2.94. The van der Waals surface area contributed by atoms with Crippen molar-refractivity contribution in [3.63, 3.8) is 0 Å². The van der Waals surface area contributed by atoms with Crippen molar-refractivity contribution < 1.29 is 0 Å². The molecule has 0 spiro atoms. The summed E-state index contributed by atoms with van der Waals surface area (Å²) in [6, 6.07) is 9.85. The summed E-state index contributed by atoms with van der Waals surface area (Å²) in [5, 5.41) is 11.9. The minimum atomic E-state index is -0.133. The molecule has 0 unspecified atom stereocenters. The lowest BCUT2D eigenvalue weighted by Gasteiger charge is -2.22. The lowest BCUT2D eigenvalue weighted by atomic mass is 10.1. The molecule has 7 nitrogen and oxygen atoms in total. The molecule has 7 heteroatoms. The van der Waals surface area contributed by atoms with Crippen LogP contribution in [0.2, 0.25) is 0 Å². The third-order valence-corrected chi connectivity index (χ3v) is 3.79. The summed E-state index contributed by atoms with van der Waals surface area (Å²) in [6.45, 7) is 6.82. The Balaban J connectivity index is 1.85. The Kier molecular flexibility index (Phi) is 4.59. The molecule has 0 radical (unpaired) electrons. The Labute approximate surface area is 147 Å². The van der Waals surface area contributed by atoms with Crippen LogP contribution in [0.3, 0.4) is 0 Å². The van der Waals surface area contributed by atoms with E-state index in [0.29, 0.717) is 12.5 Å². The molecule has 1 atom stereocenters. The lowest BCUT2D eigenvalue weighted by molar-refractivity contribution is 0.631. The van der Waals surface area contributed by atoms with E-state index in [9.17, 15) is 0 Å². The molecule has 0 fully saturated rings. The molecule has 0 bridgehead atoms. The van der Waals surface area contributed by atoms with E-state index in [0.717, 1.165) is 22.4 Å². The highest BCUT2D eigenvalue weighted by atomic mass is 15.3. The normalized spacial score (nSPS) is 13.0. The molecule has 0 aliphatic carbocycles. The zero-order valence-corrected chi connectivity index (χ0v) is 15.1. The zero-order valence-electron chi connectivity index (χ0n) is 15.1. The predicted octanol–water partition coefficient (Wildman–Crippen LogP) is 2.69. The highest BCUT2D eigenvalue weighted by Gasteiger charge is 2.17. The molecular formula is C18H25N7. The van der Waals surface area contributed by atoms with E-state index in [4.69, 9.17) is 5.73 Å². The van der Waals surface area contributed by atoms with Crippen LogP contribution in [-0.2, 0) is 7.05 Å². The van der Waals surface area contributed by atoms with Gasteiger partial charge in [0.1, 0.15) is 5.82 Å². The van der Waals surface area contributed by atoms with Gasteiger partial charge in [-0.3, -0.25) is 4.68 Å². The summed E-state index contributed by atoms with van der Waals surface area (Å²) in [5.41, 5.74) is 7.99. The smallest absolute Gasteiger partial charge is 0.226 e. The summed E-state index contributed by atoms with van der Waals surface area (Å²) in [5.74, 6) is 1.30. The van der Waals surface area contributed by atoms with Crippen molar-refractivity contribution in [2.45, 2.75) is 32.4 Å². The van der Waals surface area contributed by atoms with Gasteiger partial charge >= 0.3 is 0 Å². The van der Waals surface area contributed by atoms with Gasteiger partial charge in [-0.15, -0.1) is 0 Å². The quantitative estimate of drug-likeness (QED) is 0.662. The minimum Gasteiger partial charge on any atom is -0.365 e. The van der Waals surface area contributed by atoms with Gasteiger partial charge in [-0.2, -0.15) is 15.1 Å². The summed E-state index contributed by atoms with van der Waals surface area (Å²) in [7, 11) is 1.87. The first-order valence-corrected chi connectivity index (χ1v) is 8.36. The van der Waals surface area contributed by atoms with Crippen molar-refractivity contribution in [1.29, 1.82) is 0 Å². The van der Waals surface area contributed by atoms with Gasteiger partial charge in [-0.1, -0.05) is 30.3 Å². The molecule has 0 aliphatic rings. The van der Waals surface area contributed by atoms with Gasteiger partial charge in [0.2, 0.25) is 5.95 Å². The molecule has 0 aliphatic heterocycles. The van der Waals surface area contributed by atoms with Crippen LogP contribution in [0.4, 0.5) is 11.8 Å². The first kappa shape index (κ1) is 17.2. The molecule has 0 saturated heterocycles. The lowest BCUT2D eigenvalue weighted by Crippen LogP contribution is -2.27. The van der Waals surface area contributed by atoms with Gasteiger partial charge < -0.3 is 16.4 Å². The first-order chi connectivity index (χ1) is 11.8. The van der Waals surface area contributed by atoms with Crippen molar-refractivity contribution in [3.05, 3.63) is 42.1 Å². The molecule has 1 aromatic carbocycles. The number of hydrogen-bond donors (Lipinski definition) is 3. The van der Waals surface area contributed by atoms with E-state index in [-0.39, 0.29) is 11.6 Å². The second-order valence-corrected chi connectivity index (χ2v) is 7.17. The maximum absolute atomic E-state index is 6.25. The van der Waals surface area contributed by atoms with Gasteiger partial charge in [0.05, 0.1) is 11.6 Å². The molecule has 4 N–H and O–H groups in total. The van der Waals surface area contributed by atoms with E-state index < -0.39 is 0 Å². The van der Waals surface area contributed by atoms with Crippen molar-refractivity contribution in [2.75, 3.05) is 17.2 Å². The molecule has 2 aromatic heterocycles. The Morgan fingerprint density at radius 3 is 2.56 bits per heavy atom. The van der Waals surface area contributed by atoms with Gasteiger partial charge in [-0.25, -0.2) is 0 Å². The van der Waals surface area contributed by atoms with Crippen molar-refractivity contribution >= 4 is 22.8 Å². The van der Waals surface area contributed by atoms with Gasteiger partial charge in [-0.05, 0) is 26.3 Å². The maximum atomic E-state index is 6.25. The first-order valence-electron chi connectivity index (χ1n) is 8.36. The number of anilines is 2. The van der Waals surface area contributed by atoms with Crippen LogP contribution in [0.1, 0.15) is 32.4 Å². The molecule has 2 heterocycles. The molecular weight excluding hydrogens is 314 g/mol. The third kappa shape index (κ3) is 4.06. The highest BCUT2D eigenvalue weighted by molar-refractivity contribution is 5.87. The average molecular weight is 339 g/mol. The van der Waals surface area contributed by atoms with E-state index in [1.54, 1.807) is 10.9 Å². The number of aromatic nitrogens is 4. The van der Waals surface area contributed by atoms with Gasteiger partial charge in [0, 0.05) is 25.2 Å². The predicted molar refractivity (Wildman–Crippen MR) is 102 cm³/mol. The van der Waals surface area contributed by atoms with E-state index in [2.05, 4.69) is 46.5 Å².